The number of nitrogens with zero attached hydrogens (tertiary/aromatic N) is 1. The lowest BCUT2D eigenvalue weighted by Gasteiger charge is -2.30. The van der Waals surface area contributed by atoms with Crippen molar-refractivity contribution in [2.45, 2.75) is 52.9 Å². The van der Waals surface area contributed by atoms with Gasteiger partial charge in [-0.15, -0.1) is 11.3 Å². The Morgan fingerprint density at radius 1 is 1.28 bits per heavy atom. The fourth-order valence-corrected chi connectivity index (χ4v) is 6.09. The van der Waals surface area contributed by atoms with Crippen molar-refractivity contribution in [3.05, 3.63) is 45.8 Å². The molecule has 0 atom stereocenters. The standard InChI is InChI=1S/C24H29ClN2OS/c1-15(2)21-18-14-24(3,4)10-9-20(18)29-22(21)17-13-16(25)7-8-19(17)26-23(28)27-11-5-6-12-27/h7-8,13H,1,5-6,9-12,14H2,2-4H3,(H,26,28). The first-order valence-corrected chi connectivity index (χ1v) is 11.6. The zero-order chi connectivity index (χ0) is 20.8. The third kappa shape index (κ3) is 4.10. The topological polar surface area (TPSA) is 32.3 Å². The third-order valence-corrected chi connectivity index (χ3v) is 7.62. The lowest BCUT2D eigenvalue weighted by Crippen LogP contribution is -2.32. The molecule has 3 nitrogen and oxygen atoms in total. The summed E-state index contributed by atoms with van der Waals surface area (Å²) in [5.41, 5.74) is 5.89. The van der Waals surface area contributed by atoms with Crippen molar-refractivity contribution in [1.82, 2.24) is 4.90 Å². The van der Waals surface area contributed by atoms with Gasteiger partial charge in [-0.3, -0.25) is 0 Å². The van der Waals surface area contributed by atoms with Crippen molar-refractivity contribution in [1.29, 1.82) is 0 Å². The maximum atomic E-state index is 12.7. The summed E-state index contributed by atoms with van der Waals surface area (Å²) in [6.07, 6.45) is 5.52. The number of benzene rings is 1. The number of carbonyl (C=O) groups excluding carboxylic acids is 1. The molecular weight excluding hydrogens is 400 g/mol. The number of rotatable bonds is 3. The van der Waals surface area contributed by atoms with Gasteiger partial charge in [-0.05, 0) is 79.3 Å². The summed E-state index contributed by atoms with van der Waals surface area (Å²) in [6.45, 7) is 12.7. The summed E-state index contributed by atoms with van der Waals surface area (Å²) >= 11 is 8.24. The average molecular weight is 429 g/mol. The number of hydrogen-bond acceptors (Lipinski definition) is 2. The molecule has 2 aromatic rings. The number of amides is 2. The number of aryl methyl sites for hydroxylation is 1. The second kappa shape index (κ2) is 7.81. The third-order valence-electron chi connectivity index (χ3n) is 6.06. The van der Waals surface area contributed by atoms with Crippen LogP contribution in [-0.2, 0) is 12.8 Å². The summed E-state index contributed by atoms with van der Waals surface area (Å²) in [6, 6.07) is 5.74. The Morgan fingerprint density at radius 3 is 2.69 bits per heavy atom. The van der Waals surface area contributed by atoms with Crippen LogP contribution in [0.15, 0.2) is 24.8 Å². The molecule has 2 heterocycles. The molecule has 154 valence electrons. The van der Waals surface area contributed by atoms with E-state index < -0.39 is 0 Å². The molecule has 0 radical (unpaired) electrons. The molecule has 1 fully saturated rings. The molecular formula is C24H29ClN2OS. The molecule has 2 aliphatic rings. The SMILES string of the molecule is C=C(C)c1c(-c2cc(Cl)ccc2NC(=O)N2CCCC2)sc2c1CC(C)(C)CC2. The highest BCUT2D eigenvalue weighted by molar-refractivity contribution is 7.16. The molecule has 1 aromatic carbocycles. The normalized spacial score (nSPS) is 17.9. The second-order valence-electron chi connectivity index (χ2n) is 9.14. The Hall–Kier alpha value is -1.78. The summed E-state index contributed by atoms with van der Waals surface area (Å²) in [5, 5.41) is 3.83. The molecule has 29 heavy (non-hydrogen) atoms. The van der Waals surface area contributed by atoms with Crippen LogP contribution in [0, 0.1) is 5.41 Å². The summed E-state index contributed by atoms with van der Waals surface area (Å²) in [4.78, 5) is 17.3. The molecule has 0 unspecified atom stereocenters. The van der Waals surface area contributed by atoms with E-state index >= 15 is 0 Å². The van der Waals surface area contributed by atoms with E-state index in [0.717, 1.165) is 55.6 Å². The molecule has 4 rings (SSSR count). The van der Waals surface area contributed by atoms with E-state index in [9.17, 15) is 4.79 Å². The van der Waals surface area contributed by atoms with Gasteiger partial charge in [0.2, 0.25) is 0 Å². The maximum Gasteiger partial charge on any atom is 0.321 e. The fraction of sp³-hybridized carbons (Fsp3) is 0.458. The number of nitrogens with one attached hydrogen (secondary N) is 1. The average Bonchev–Trinajstić information content (AvgIpc) is 3.29. The van der Waals surface area contributed by atoms with Crippen LogP contribution in [0.5, 0.6) is 0 Å². The van der Waals surface area contributed by atoms with Gasteiger partial charge in [0.15, 0.2) is 0 Å². The van der Waals surface area contributed by atoms with E-state index in [0.29, 0.717) is 10.4 Å². The molecule has 1 aliphatic heterocycles. The zero-order valence-electron chi connectivity index (χ0n) is 17.5. The Balaban J connectivity index is 1.78. The smallest absolute Gasteiger partial charge is 0.321 e. The van der Waals surface area contributed by atoms with Crippen LogP contribution in [-0.4, -0.2) is 24.0 Å². The van der Waals surface area contributed by atoms with Crippen molar-refractivity contribution in [3.8, 4) is 10.4 Å². The highest BCUT2D eigenvalue weighted by atomic mass is 35.5. The van der Waals surface area contributed by atoms with E-state index in [2.05, 4.69) is 32.7 Å². The van der Waals surface area contributed by atoms with Crippen LogP contribution in [0.25, 0.3) is 16.0 Å². The van der Waals surface area contributed by atoms with Gasteiger partial charge in [0, 0.05) is 33.4 Å². The van der Waals surface area contributed by atoms with Gasteiger partial charge in [-0.1, -0.05) is 32.0 Å². The number of likely N-dealkylation sites (tertiary alicyclic amines) is 1. The van der Waals surface area contributed by atoms with Crippen molar-refractivity contribution < 1.29 is 4.79 Å². The number of carbonyl (C=O) groups is 1. The lowest BCUT2D eigenvalue weighted by atomic mass is 9.75. The van der Waals surface area contributed by atoms with Crippen LogP contribution in [0.3, 0.4) is 0 Å². The number of hydrogen-bond donors (Lipinski definition) is 1. The minimum Gasteiger partial charge on any atom is -0.325 e. The van der Waals surface area contributed by atoms with Gasteiger partial charge in [0.05, 0.1) is 5.69 Å². The number of urea groups is 1. The summed E-state index contributed by atoms with van der Waals surface area (Å²) < 4.78 is 0. The second-order valence-corrected chi connectivity index (χ2v) is 10.7. The summed E-state index contributed by atoms with van der Waals surface area (Å²) in [5.74, 6) is 0. The molecule has 0 spiro atoms. The van der Waals surface area contributed by atoms with Crippen LogP contribution in [0.1, 0.15) is 56.0 Å². The largest absolute Gasteiger partial charge is 0.325 e. The molecule has 2 amide bonds. The Morgan fingerprint density at radius 2 is 2.00 bits per heavy atom. The molecule has 0 saturated carbocycles. The number of fused-ring (bicyclic) bond motifs is 1. The number of thiophene rings is 1. The first kappa shape index (κ1) is 20.5. The van der Waals surface area contributed by atoms with E-state index in [-0.39, 0.29) is 6.03 Å². The molecule has 1 saturated heterocycles. The van der Waals surface area contributed by atoms with Crippen molar-refractivity contribution >= 4 is 40.2 Å². The molecule has 1 aromatic heterocycles. The van der Waals surface area contributed by atoms with Gasteiger partial charge in [-0.25, -0.2) is 4.79 Å². The molecule has 0 bridgehead atoms. The monoisotopic (exact) mass is 428 g/mol. The number of halogens is 1. The first-order chi connectivity index (χ1) is 13.7. The minimum absolute atomic E-state index is 0.0228. The van der Waals surface area contributed by atoms with Gasteiger partial charge in [-0.2, -0.15) is 0 Å². The van der Waals surface area contributed by atoms with Crippen LogP contribution in [0.2, 0.25) is 5.02 Å². The Bertz CT molecular complexity index is 970. The van der Waals surface area contributed by atoms with E-state index in [1.165, 1.54) is 27.3 Å². The van der Waals surface area contributed by atoms with Crippen LogP contribution < -0.4 is 5.32 Å². The fourth-order valence-electron chi connectivity index (χ4n) is 4.49. The molecule has 5 heteroatoms. The van der Waals surface area contributed by atoms with Gasteiger partial charge < -0.3 is 10.2 Å². The van der Waals surface area contributed by atoms with Crippen LogP contribution in [0.4, 0.5) is 10.5 Å². The highest BCUT2D eigenvalue weighted by Gasteiger charge is 2.31. The molecule has 1 aliphatic carbocycles. The van der Waals surface area contributed by atoms with Gasteiger partial charge in [0.1, 0.15) is 0 Å². The van der Waals surface area contributed by atoms with E-state index in [1.807, 2.05) is 34.4 Å². The van der Waals surface area contributed by atoms with Crippen molar-refractivity contribution in [3.63, 3.8) is 0 Å². The highest BCUT2D eigenvalue weighted by Crippen LogP contribution is 2.48. The van der Waals surface area contributed by atoms with Crippen molar-refractivity contribution in [2.24, 2.45) is 5.41 Å². The number of allylic oxidation sites excluding steroid dienone is 1. The predicted octanol–water partition coefficient (Wildman–Crippen LogP) is 7.24. The molecule has 1 N–H and O–H groups in total. The zero-order valence-corrected chi connectivity index (χ0v) is 19.1. The van der Waals surface area contributed by atoms with E-state index in [1.54, 1.807) is 0 Å². The van der Waals surface area contributed by atoms with E-state index in [4.69, 9.17) is 11.6 Å². The Kier molecular flexibility index (Phi) is 5.52. The minimum atomic E-state index is -0.0228. The van der Waals surface area contributed by atoms with Crippen molar-refractivity contribution in [2.75, 3.05) is 18.4 Å². The predicted molar refractivity (Wildman–Crippen MR) is 125 cm³/mol. The van der Waals surface area contributed by atoms with Gasteiger partial charge >= 0.3 is 6.03 Å². The first-order valence-electron chi connectivity index (χ1n) is 10.4. The quantitative estimate of drug-likeness (QED) is 0.548. The van der Waals surface area contributed by atoms with Crippen LogP contribution >= 0.6 is 22.9 Å². The summed E-state index contributed by atoms with van der Waals surface area (Å²) in [7, 11) is 0. The van der Waals surface area contributed by atoms with Gasteiger partial charge in [0.25, 0.3) is 0 Å². The Labute approximate surface area is 182 Å². The number of anilines is 1. The maximum absolute atomic E-state index is 12.7. The lowest BCUT2D eigenvalue weighted by molar-refractivity contribution is 0.222.